The first-order valence-corrected chi connectivity index (χ1v) is 6.28. The van der Waals surface area contributed by atoms with E-state index in [0.29, 0.717) is 11.1 Å². The Balaban J connectivity index is 2.25. The molecule has 0 saturated heterocycles. The van der Waals surface area contributed by atoms with Crippen LogP contribution in [0.3, 0.4) is 0 Å². The molecular formula is C14H15F3N2O2. The Morgan fingerprint density at radius 1 is 1.10 bits per heavy atom. The number of hydrogen-bond acceptors (Lipinski definition) is 4. The molecule has 0 fully saturated rings. The van der Waals surface area contributed by atoms with E-state index in [1.165, 1.54) is 0 Å². The van der Waals surface area contributed by atoms with Crippen LogP contribution >= 0.6 is 0 Å². The fraction of sp³-hybridized carbons (Fsp3) is 0.429. The average Bonchev–Trinajstić information content (AvgIpc) is 2.86. The van der Waals surface area contributed by atoms with Crippen molar-refractivity contribution in [1.29, 1.82) is 0 Å². The molecule has 0 aliphatic heterocycles. The maximum absolute atomic E-state index is 12.4. The molecule has 2 rings (SSSR count). The van der Waals surface area contributed by atoms with Crippen molar-refractivity contribution < 1.29 is 22.8 Å². The molecule has 0 spiro atoms. The first-order chi connectivity index (χ1) is 9.59. The van der Waals surface area contributed by atoms with Gasteiger partial charge in [0.1, 0.15) is 0 Å². The van der Waals surface area contributed by atoms with E-state index in [2.05, 4.69) is 14.7 Å². The Bertz CT molecular complexity index is 612. The van der Waals surface area contributed by atoms with Crippen LogP contribution in [0.4, 0.5) is 13.2 Å². The molecule has 0 bridgehead atoms. The molecule has 2 aromatic rings. The third-order valence-corrected chi connectivity index (χ3v) is 2.97. The number of benzene rings is 1. The van der Waals surface area contributed by atoms with Crippen molar-refractivity contribution in [3.05, 3.63) is 35.7 Å². The molecule has 0 amide bonds. The number of halogens is 3. The minimum absolute atomic E-state index is 0.140. The Morgan fingerprint density at radius 3 is 2.10 bits per heavy atom. The molecule has 1 heterocycles. The van der Waals surface area contributed by atoms with Gasteiger partial charge in [0.15, 0.2) is 0 Å². The lowest BCUT2D eigenvalue weighted by molar-refractivity contribution is -0.159. The maximum Gasteiger partial charge on any atom is 0.471 e. The molecule has 4 nitrogen and oxygen atoms in total. The second kappa shape index (κ2) is 5.14. The van der Waals surface area contributed by atoms with Gasteiger partial charge in [-0.3, -0.25) is 0 Å². The Kier molecular flexibility index (Phi) is 3.79. The van der Waals surface area contributed by atoms with Gasteiger partial charge in [-0.15, -0.1) is 0 Å². The molecule has 7 heteroatoms. The summed E-state index contributed by atoms with van der Waals surface area (Å²) >= 11 is 0. The summed E-state index contributed by atoms with van der Waals surface area (Å²) in [6, 6.07) is 6.37. The van der Waals surface area contributed by atoms with E-state index < -0.39 is 18.2 Å². The van der Waals surface area contributed by atoms with Crippen LogP contribution in [0.25, 0.3) is 11.4 Å². The summed E-state index contributed by atoms with van der Waals surface area (Å²) in [6.45, 7) is 5.67. The first-order valence-electron chi connectivity index (χ1n) is 6.28. The highest BCUT2D eigenvalue weighted by molar-refractivity contribution is 5.54. The molecule has 1 N–H and O–H groups in total. The van der Waals surface area contributed by atoms with Crippen LogP contribution < -0.4 is 0 Å². The number of hydrogen-bond donors (Lipinski definition) is 1. The minimum atomic E-state index is -4.66. The van der Waals surface area contributed by atoms with Gasteiger partial charge in [0.05, 0.1) is 6.10 Å². The molecule has 0 saturated carbocycles. The number of nitrogens with zero attached hydrogens (tertiary/aromatic N) is 2. The molecular weight excluding hydrogens is 285 g/mol. The van der Waals surface area contributed by atoms with Crippen LogP contribution in [0.15, 0.2) is 28.8 Å². The van der Waals surface area contributed by atoms with Crippen molar-refractivity contribution >= 4 is 0 Å². The third-order valence-electron chi connectivity index (χ3n) is 2.97. The van der Waals surface area contributed by atoms with Gasteiger partial charge < -0.3 is 9.63 Å². The summed E-state index contributed by atoms with van der Waals surface area (Å²) in [7, 11) is 0. The molecule has 21 heavy (non-hydrogen) atoms. The number of alkyl halides is 3. The second-order valence-electron chi connectivity index (χ2n) is 5.81. The summed E-state index contributed by atoms with van der Waals surface area (Å²) in [4.78, 5) is 3.31. The molecule has 0 aliphatic rings. The zero-order valence-corrected chi connectivity index (χ0v) is 11.8. The molecule has 0 aliphatic carbocycles. The quantitative estimate of drug-likeness (QED) is 0.915. The topological polar surface area (TPSA) is 59.2 Å². The predicted molar refractivity (Wildman–Crippen MR) is 69.2 cm³/mol. The normalized spacial score (nSPS) is 14.2. The molecule has 1 unspecified atom stereocenters. The van der Waals surface area contributed by atoms with Gasteiger partial charge in [-0.05, 0) is 11.0 Å². The van der Waals surface area contributed by atoms with Crippen LogP contribution in [0, 0.1) is 5.41 Å². The molecule has 1 atom stereocenters. The van der Waals surface area contributed by atoms with Crippen LogP contribution in [-0.4, -0.2) is 15.2 Å². The van der Waals surface area contributed by atoms with Gasteiger partial charge >= 0.3 is 12.1 Å². The molecule has 1 aromatic heterocycles. The van der Waals surface area contributed by atoms with Gasteiger partial charge in [-0.25, -0.2) is 0 Å². The first kappa shape index (κ1) is 15.5. The summed E-state index contributed by atoms with van der Waals surface area (Å²) < 4.78 is 41.3. The highest BCUT2D eigenvalue weighted by Gasteiger charge is 2.38. The van der Waals surface area contributed by atoms with Crippen LogP contribution in [-0.2, 0) is 6.18 Å². The number of aliphatic hydroxyl groups excluding tert-OH is 1. The number of aliphatic hydroxyl groups is 1. The van der Waals surface area contributed by atoms with Gasteiger partial charge in [0, 0.05) is 5.56 Å². The zero-order chi connectivity index (χ0) is 15.8. The van der Waals surface area contributed by atoms with Crippen molar-refractivity contribution in [1.82, 2.24) is 10.1 Å². The van der Waals surface area contributed by atoms with E-state index in [4.69, 9.17) is 0 Å². The Hall–Kier alpha value is -1.89. The number of aromatic nitrogens is 2. The summed E-state index contributed by atoms with van der Waals surface area (Å²) in [6.07, 6.45) is -5.34. The Labute approximate surface area is 119 Å². The fourth-order valence-corrected chi connectivity index (χ4v) is 1.77. The van der Waals surface area contributed by atoms with E-state index in [1.54, 1.807) is 24.3 Å². The van der Waals surface area contributed by atoms with E-state index in [9.17, 15) is 18.3 Å². The van der Waals surface area contributed by atoms with E-state index in [0.717, 1.165) is 0 Å². The van der Waals surface area contributed by atoms with Crippen molar-refractivity contribution in [2.75, 3.05) is 0 Å². The van der Waals surface area contributed by atoms with Gasteiger partial charge in [0.25, 0.3) is 0 Å². The summed E-state index contributed by atoms with van der Waals surface area (Å²) in [5, 5.41) is 13.4. The lowest BCUT2D eigenvalue weighted by Gasteiger charge is -2.26. The van der Waals surface area contributed by atoms with Crippen molar-refractivity contribution in [3.8, 4) is 11.4 Å². The van der Waals surface area contributed by atoms with Gasteiger partial charge in [0.2, 0.25) is 5.82 Å². The van der Waals surface area contributed by atoms with Crippen LogP contribution in [0.1, 0.15) is 38.3 Å². The van der Waals surface area contributed by atoms with Crippen molar-refractivity contribution in [2.24, 2.45) is 5.41 Å². The minimum Gasteiger partial charge on any atom is -0.388 e. The lowest BCUT2D eigenvalue weighted by Crippen LogP contribution is -2.17. The molecule has 114 valence electrons. The smallest absolute Gasteiger partial charge is 0.388 e. The largest absolute Gasteiger partial charge is 0.471 e. The van der Waals surface area contributed by atoms with Gasteiger partial charge in [-0.2, -0.15) is 18.2 Å². The average molecular weight is 300 g/mol. The summed E-state index contributed by atoms with van der Waals surface area (Å²) in [5.74, 6) is -1.52. The van der Waals surface area contributed by atoms with Crippen molar-refractivity contribution in [3.63, 3.8) is 0 Å². The standard InChI is InChI=1S/C14H15F3N2O2/c1-13(2,3)10(20)8-4-6-9(7-5-8)11-18-12(21-19-11)14(15,16)17/h4-7,10,20H,1-3H3. The van der Waals surface area contributed by atoms with Crippen LogP contribution in [0.5, 0.6) is 0 Å². The van der Waals surface area contributed by atoms with Crippen LogP contribution in [0.2, 0.25) is 0 Å². The second-order valence-corrected chi connectivity index (χ2v) is 5.81. The maximum atomic E-state index is 12.4. The molecule has 1 aromatic carbocycles. The zero-order valence-electron chi connectivity index (χ0n) is 11.8. The van der Waals surface area contributed by atoms with Gasteiger partial charge in [-0.1, -0.05) is 50.2 Å². The monoisotopic (exact) mass is 300 g/mol. The molecule has 0 radical (unpaired) electrons. The van der Waals surface area contributed by atoms with E-state index in [-0.39, 0.29) is 11.2 Å². The fourth-order valence-electron chi connectivity index (χ4n) is 1.77. The van der Waals surface area contributed by atoms with E-state index >= 15 is 0 Å². The van der Waals surface area contributed by atoms with Crippen molar-refractivity contribution in [2.45, 2.75) is 33.1 Å². The third kappa shape index (κ3) is 3.41. The highest BCUT2D eigenvalue weighted by Crippen LogP contribution is 2.33. The van der Waals surface area contributed by atoms with E-state index in [1.807, 2.05) is 20.8 Å². The Morgan fingerprint density at radius 2 is 1.67 bits per heavy atom. The predicted octanol–water partition coefficient (Wildman–Crippen LogP) is 3.83. The number of rotatable bonds is 2. The SMILES string of the molecule is CC(C)(C)C(O)c1ccc(-c2noc(C(F)(F)F)n2)cc1. The highest BCUT2D eigenvalue weighted by atomic mass is 19.4. The lowest BCUT2D eigenvalue weighted by atomic mass is 9.84. The summed E-state index contributed by atoms with van der Waals surface area (Å²) in [5.41, 5.74) is 0.724.